The molecule has 33 heavy (non-hydrogen) atoms. The Balaban J connectivity index is 1.79. The number of aromatic amines is 1. The Bertz CT molecular complexity index is 1100. The minimum atomic E-state index is -0.652. The van der Waals surface area contributed by atoms with Crippen molar-refractivity contribution in [2.24, 2.45) is 0 Å². The Kier molecular flexibility index (Phi) is 7.43. The van der Waals surface area contributed by atoms with Gasteiger partial charge in [-0.25, -0.2) is 9.59 Å². The molecule has 0 amide bonds. The first-order valence-electron chi connectivity index (χ1n) is 10.8. The number of nitrogens with one attached hydrogen (secondary N) is 2. The van der Waals surface area contributed by atoms with Gasteiger partial charge in [-0.05, 0) is 69.2 Å². The molecule has 0 atom stereocenters. The number of carbonyl (C=O) groups is 2. The summed E-state index contributed by atoms with van der Waals surface area (Å²) in [5.41, 5.74) is 1.95. The van der Waals surface area contributed by atoms with Gasteiger partial charge in [-0.2, -0.15) is 0 Å². The fraction of sp³-hybridized carbons (Fsp3) is 0.308. The van der Waals surface area contributed by atoms with E-state index in [2.05, 4.69) is 10.3 Å². The number of H-pyrrole nitrogens is 1. The number of aromatic nitrogens is 1. The second-order valence-electron chi connectivity index (χ2n) is 8.47. The Morgan fingerprint density at radius 2 is 1.58 bits per heavy atom. The molecule has 3 rings (SSSR count). The topological polar surface area (TPSA) is 89.7 Å². The van der Waals surface area contributed by atoms with Gasteiger partial charge in [-0.1, -0.05) is 25.1 Å². The third-order valence-corrected chi connectivity index (χ3v) is 4.83. The van der Waals surface area contributed by atoms with Crippen LogP contribution in [-0.2, 0) is 22.4 Å². The van der Waals surface area contributed by atoms with Gasteiger partial charge in [0.2, 0.25) is 0 Å². The largest absolute Gasteiger partial charge is 0.465 e. The van der Waals surface area contributed by atoms with Crippen molar-refractivity contribution >= 4 is 17.6 Å². The van der Waals surface area contributed by atoms with Crippen LogP contribution in [-0.4, -0.2) is 29.6 Å². The first-order chi connectivity index (χ1) is 15.7. The zero-order valence-corrected chi connectivity index (χ0v) is 19.7. The van der Waals surface area contributed by atoms with E-state index in [4.69, 9.17) is 14.2 Å². The van der Waals surface area contributed by atoms with E-state index >= 15 is 0 Å². The number of para-hydroxylation sites is 1. The van der Waals surface area contributed by atoms with Crippen molar-refractivity contribution in [2.45, 2.75) is 46.3 Å². The number of esters is 2. The van der Waals surface area contributed by atoms with Crippen molar-refractivity contribution in [2.75, 3.05) is 12.4 Å². The van der Waals surface area contributed by atoms with E-state index in [0.717, 1.165) is 11.4 Å². The molecule has 0 aliphatic carbocycles. The van der Waals surface area contributed by atoms with Gasteiger partial charge in [-0.3, -0.25) is 0 Å². The minimum Gasteiger partial charge on any atom is -0.465 e. The summed E-state index contributed by atoms with van der Waals surface area (Å²) in [6, 6.07) is 17.0. The molecule has 7 nitrogen and oxygen atoms in total. The number of carbonyl (C=O) groups excluding carboxylic acids is 2. The molecule has 0 bridgehead atoms. The summed E-state index contributed by atoms with van der Waals surface area (Å²) < 4.78 is 16.3. The van der Waals surface area contributed by atoms with E-state index in [1.54, 1.807) is 20.8 Å². The predicted molar refractivity (Wildman–Crippen MR) is 127 cm³/mol. The van der Waals surface area contributed by atoms with E-state index in [1.165, 1.54) is 7.11 Å². The number of hydrogen-bond donors (Lipinski definition) is 2. The SMILES string of the molecule is CCc1c(C(=O)OC(C)(C)C)[nH]c(CNc2ccc(Oc3ccccc3)cc2)c1C(=O)OC. The van der Waals surface area contributed by atoms with E-state index in [0.29, 0.717) is 35.5 Å². The molecule has 7 heteroatoms. The molecule has 0 aliphatic rings. The monoisotopic (exact) mass is 450 g/mol. The molecule has 0 saturated carbocycles. The van der Waals surface area contributed by atoms with Crippen molar-refractivity contribution in [1.82, 2.24) is 4.98 Å². The van der Waals surface area contributed by atoms with Crippen LogP contribution in [0.4, 0.5) is 5.69 Å². The zero-order valence-electron chi connectivity index (χ0n) is 19.7. The van der Waals surface area contributed by atoms with Crippen LogP contribution in [0.3, 0.4) is 0 Å². The quantitative estimate of drug-likeness (QED) is 0.427. The first-order valence-corrected chi connectivity index (χ1v) is 10.8. The van der Waals surface area contributed by atoms with E-state index < -0.39 is 17.5 Å². The summed E-state index contributed by atoms with van der Waals surface area (Å²) in [6.45, 7) is 7.57. The second-order valence-corrected chi connectivity index (χ2v) is 8.47. The molecule has 1 aromatic heterocycles. The van der Waals surface area contributed by atoms with Gasteiger partial charge in [0, 0.05) is 11.4 Å². The highest BCUT2D eigenvalue weighted by molar-refractivity contribution is 5.99. The lowest BCUT2D eigenvalue weighted by molar-refractivity contribution is 0.00622. The maximum Gasteiger partial charge on any atom is 0.355 e. The summed E-state index contributed by atoms with van der Waals surface area (Å²) in [5, 5.41) is 3.28. The molecule has 0 unspecified atom stereocenters. The van der Waals surface area contributed by atoms with Crippen molar-refractivity contribution in [1.29, 1.82) is 0 Å². The number of ether oxygens (including phenoxy) is 3. The van der Waals surface area contributed by atoms with Crippen LogP contribution in [0.1, 0.15) is 59.8 Å². The van der Waals surface area contributed by atoms with E-state index in [-0.39, 0.29) is 5.69 Å². The lowest BCUT2D eigenvalue weighted by atomic mass is 10.1. The molecule has 0 fully saturated rings. The molecule has 0 spiro atoms. The number of benzene rings is 2. The maximum absolute atomic E-state index is 12.7. The first kappa shape index (κ1) is 23.9. The molecular weight excluding hydrogens is 420 g/mol. The van der Waals surface area contributed by atoms with Crippen molar-refractivity contribution in [3.63, 3.8) is 0 Å². The van der Waals surface area contributed by atoms with Gasteiger partial charge in [-0.15, -0.1) is 0 Å². The number of hydrogen-bond acceptors (Lipinski definition) is 6. The van der Waals surface area contributed by atoms with Crippen LogP contribution < -0.4 is 10.1 Å². The van der Waals surface area contributed by atoms with Crippen LogP contribution in [0, 0.1) is 0 Å². The Morgan fingerprint density at radius 1 is 0.939 bits per heavy atom. The van der Waals surface area contributed by atoms with Gasteiger partial charge >= 0.3 is 11.9 Å². The summed E-state index contributed by atoms with van der Waals surface area (Å²) in [4.78, 5) is 28.4. The second kappa shape index (κ2) is 10.3. The molecule has 0 radical (unpaired) electrons. The van der Waals surface area contributed by atoms with Crippen LogP contribution in [0.2, 0.25) is 0 Å². The normalized spacial score (nSPS) is 11.1. The molecule has 0 aliphatic heterocycles. The number of rotatable bonds is 8. The van der Waals surface area contributed by atoms with Gasteiger partial charge in [0.1, 0.15) is 22.8 Å². The lowest BCUT2D eigenvalue weighted by Gasteiger charge is -2.19. The van der Waals surface area contributed by atoms with E-state index in [1.807, 2.05) is 61.5 Å². The molecule has 3 aromatic rings. The fourth-order valence-corrected chi connectivity index (χ4v) is 3.39. The summed E-state index contributed by atoms with van der Waals surface area (Å²) in [6.07, 6.45) is 0.473. The van der Waals surface area contributed by atoms with Crippen LogP contribution in [0.15, 0.2) is 54.6 Å². The van der Waals surface area contributed by atoms with Crippen LogP contribution >= 0.6 is 0 Å². The van der Waals surface area contributed by atoms with Crippen molar-refractivity contribution in [3.8, 4) is 11.5 Å². The standard InChI is InChI=1S/C26H30N2O5/c1-6-20-22(24(29)31-5)21(28-23(20)25(30)33-26(2,3)4)16-27-17-12-14-19(15-13-17)32-18-10-8-7-9-11-18/h7-15,27-28H,6,16H2,1-5H3. The zero-order chi connectivity index (χ0) is 24.0. The van der Waals surface area contributed by atoms with Crippen LogP contribution in [0.5, 0.6) is 11.5 Å². The van der Waals surface area contributed by atoms with Gasteiger partial charge in [0.15, 0.2) is 0 Å². The average molecular weight is 451 g/mol. The molecule has 2 aromatic carbocycles. The van der Waals surface area contributed by atoms with Crippen LogP contribution in [0.25, 0.3) is 0 Å². The highest BCUT2D eigenvalue weighted by Gasteiger charge is 2.28. The highest BCUT2D eigenvalue weighted by atomic mass is 16.6. The van der Waals surface area contributed by atoms with Crippen molar-refractivity contribution in [3.05, 3.63) is 77.1 Å². The van der Waals surface area contributed by atoms with Crippen molar-refractivity contribution < 1.29 is 23.8 Å². The van der Waals surface area contributed by atoms with Gasteiger partial charge < -0.3 is 24.5 Å². The number of anilines is 1. The minimum absolute atomic E-state index is 0.274. The Labute approximate surface area is 194 Å². The Morgan fingerprint density at radius 3 is 2.15 bits per heavy atom. The third-order valence-electron chi connectivity index (χ3n) is 4.83. The third kappa shape index (κ3) is 6.16. The van der Waals surface area contributed by atoms with Gasteiger partial charge in [0.25, 0.3) is 0 Å². The number of methoxy groups -OCH3 is 1. The lowest BCUT2D eigenvalue weighted by Crippen LogP contribution is -2.24. The van der Waals surface area contributed by atoms with Gasteiger partial charge in [0.05, 0.1) is 19.2 Å². The summed E-state index contributed by atoms with van der Waals surface area (Å²) >= 11 is 0. The highest BCUT2D eigenvalue weighted by Crippen LogP contribution is 2.26. The maximum atomic E-state index is 12.7. The average Bonchev–Trinajstić information content (AvgIpc) is 3.16. The summed E-state index contributed by atoms with van der Waals surface area (Å²) in [5.74, 6) is 0.468. The molecule has 2 N–H and O–H groups in total. The molecule has 1 heterocycles. The predicted octanol–water partition coefficient (Wildman–Crippen LogP) is 5.72. The smallest absolute Gasteiger partial charge is 0.355 e. The molecule has 0 saturated heterocycles. The molecular formula is C26H30N2O5. The molecule has 174 valence electrons. The Hall–Kier alpha value is -3.74. The van der Waals surface area contributed by atoms with E-state index in [9.17, 15) is 9.59 Å². The fourth-order valence-electron chi connectivity index (χ4n) is 3.39. The summed E-state index contributed by atoms with van der Waals surface area (Å²) in [7, 11) is 1.32.